The van der Waals surface area contributed by atoms with Gasteiger partial charge in [-0.3, -0.25) is 19.2 Å². The normalized spacial score (nSPS) is 19.8. The van der Waals surface area contributed by atoms with Gasteiger partial charge in [0.1, 0.15) is 42.4 Å². The summed E-state index contributed by atoms with van der Waals surface area (Å²) in [6, 6.07) is 17.0. The van der Waals surface area contributed by atoms with Gasteiger partial charge in [0, 0.05) is 61.2 Å². The largest absolute Gasteiger partial charge is 0.489 e. The third kappa shape index (κ3) is 12.2. The molecule has 3 aromatic carbocycles. The van der Waals surface area contributed by atoms with Crippen LogP contribution in [0.4, 0.5) is 10.1 Å². The van der Waals surface area contributed by atoms with Gasteiger partial charge in [-0.1, -0.05) is 84.3 Å². The highest BCUT2D eigenvalue weighted by Crippen LogP contribution is 2.55. The number of nitriles is 1. The number of aryl methyl sites for hydroxylation is 1. The molecule has 1 aliphatic carbocycles. The molecule has 3 atom stereocenters. The van der Waals surface area contributed by atoms with Crippen molar-refractivity contribution in [1.29, 1.82) is 5.26 Å². The minimum Gasteiger partial charge on any atom is -0.489 e. The maximum absolute atomic E-state index is 15.2. The first-order chi connectivity index (χ1) is 32.1. The molecule has 0 spiro atoms. The number of β-amino-alcohol motifs (C(OH)–C–C–N with tert-alkyl or cyclic N) is 1. The number of ether oxygens (including phenoxy) is 2. The fourth-order valence-electron chi connectivity index (χ4n) is 9.49. The van der Waals surface area contributed by atoms with E-state index in [1.54, 1.807) is 47.2 Å². The zero-order valence-corrected chi connectivity index (χ0v) is 41.6. The van der Waals surface area contributed by atoms with E-state index >= 15 is 4.39 Å². The molecule has 0 bridgehead atoms. The van der Waals surface area contributed by atoms with Gasteiger partial charge in [-0.2, -0.15) is 5.26 Å². The Bertz CT molecular complexity index is 2490. The average molecular weight is 973 g/mol. The number of aliphatic hydroxyl groups is 1. The quantitative estimate of drug-likeness (QED) is 0.0579. The number of thiazole rings is 1. The number of benzene rings is 3. The van der Waals surface area contributed by atoms with Gasteiger partial charge in [-0.15, -0.1) is 11.3 Å². The molecular weight excluding hydrogens is 909 g/mol. The monoisotopic (exact) mass is 971 g/mol. The van der Waals surface area contributed by atoms with Crippen LogP contribution in [0.2, 0.25) is 5.02 Å². The van der Waals surface area contributed by atoms with Crippen LogP contribution in [0, 0.1) is 40.3 Å². The second kappa shape index (κ2) is 21.8. The van der Waals surface area contributed by atoms with Crippen LogP contribution >= 0.6 is 22.9 Å². The number of carbonyl (C=O) groups excluding carboxylic acids is 4. The number of halogens is 2. The van der Waals surface area contributed by atoms with Gasteiger partial charge in [0.05, 0.1) is 38.5 Å². The van der Waals surface area contributed by atoms with Crippen LogP contribution in [0.15, 0.2) is 66.2 Å². The number of nitrogens with one attached hydrogen (secondary N) is 4. The van der Waals surface area contributed by atoms with Crippen LogP contribution in [0.25, 0.3) is 10.4 Å². The predicted molar refractivity (Wildman–Crippen MR) is 261 cm³/mol. The van der Waals surface area contributed by atoms with Crippen LogP contribution in [-0.4, -0.2) is 95.3 Å². The van der Waals surface area contributed by atoms with E-state index in [-0.39, 0.29) is 55.4 Å². The van der Waals surface area contributed by atoms with E-state index in [4.69, 9.17) is 21.1 Å². The highest BCUT2D eigenvalue weighted by molar-refractivity contribution is 7.13. The van der Waals surface area contributed by atoms with Gasteiger partial charge in [-0.25, -0.2) is 9.37 Å². The molecular formula is C51H63ClFN7O7S. The molecule has 4 amide bonds. The number of anilines is 1. The maximum Gasteiger partial charge on any atom is 0.251 e. The highest BCUT2D eigenvalue weighted by atomic mass is 35.5. The van der Waals surface area contributed by atoms with E-state index in [0.717, 1.165) is 28.1 Å². The number of carbonyl (C=O) groups is 4. The van der Waals surface area contributed by atoms with E-state index in [0.29, 0.717) is 42.3 Å². The van der Waals surface area contributed by atoms with Gasteiger partial charge in [-0.05, 0) is 73.1 Å². The van der Waals surface area contributed by atoms with Crippen molar-refractivity contribution in [3.8, 4) is 22.3 Å². The molecule has 1 saturated heterocycles. The zero-order valence-electron chi connectivity index (χ0n) is 40.0. The standard InChI is InChI=1S/C51H63ClFN7O7S/c1-30-42(68-29-57-30)32-14-12-31(13-15-32)26-56-45(64)40-23-35(61)27-60(40)46(65)43(49(2,3)4)58-41(62)28-66-21-11-9-10-20-55-39-19-17-33(22-38(39)53)44(63)59-47-50(5,6)48(51(47,7)8)67-36-18-16-34(25-54)37(52)24-36/h12-19,22,24,29,35,40,43,47-48,55,61H,9-11,20-21,23,26-28H2,1-8H3,(H,56,64)(H,58,62)(H,59,63)/t35-,40+,43?,47?,48?/m1/s1. The van der Waals surface area contributed by atoms with Gasteiger partial charge in [0.25, 0.3) is 5.91 Å². The molecule has 1 unspecified atom stereocenters. The summed E-state index contributed by atoms with van der Waals surface area (Å²) in [6.07, 6.45) is 0.978. The average Bonchev–Trinajstić information content (AvgIpc) is 3.91. The molecule has 2 aliphatic rings. The van der Waals surface area contributed by atoms with E-state index < -0.39 is 58.0 Å². The van der Waals surface area contributed by atoms with Crippen LogP contribution in [0.3, 0.4) is 0 Å². The number of hydrogen-bond acceptors (Lipinski definition) is 11. The van der Waals surface area contributed by atoms with Gasteiger partial charge >= 0.3 is 0 Å². The van der Waals surface area contributed by atoms with E-state index in [1.165, 1.54) is 11.0 Å². The molecule has 14 nitrogen and oxygen atoms in total. The molecule has 68 heavy (non-hydrogen) atoms. The Morgan fingerprint density at radius 2 is 1.75 bits per heavy atom. The minimum atomic E-state index is -0.977. The summed E-state index contributed by atoms with van der Waals surface area (Å²) in [6.45, 7) is 16.1. The number of unbranched alkanes of at least 4 members (excludes halogenated alkanes) is 2. The SMILES string of the molecule is Cc1ncsc1-c1ccc(CNC(=O)[C@@H]2C[C@@H](O)CN2C(=O)C(NC(=O)COCCCCCNc2ccc(C(=O)NC3C(C)(C)C(Oc4ccc(C#N)c(Cl)c4)C3(C)C)cc2F)C(C)(C)C)cc1. The number of aromatic nitrogens is 1. The smallest absolute Gasteiger partial charge is 0.251 e. The fraction of sp³-hybridized carbons (Fsp3) is 0.490. The summed E-state index contributed by atoms with van der Waals surface area (Å²) in [5, 5.41) is 32.0. The lowest BCUT2D eigenvalue weighted by Gasteiger charge is -2.63. The summed E-state index contributed by atoms with van der Waals surface area (Å²) in [5.74, 6) is -1.73. The second-order valence-corrected chi connectivity index (χ2v) is 21.2. The summed E-state index contributed by atoms with van der Waals surface area (Å²) < 4.78 is 27.2. The van der Waals surface area contributed by atoms with Crippen molar-refractivity contribution in [3.63, 3.8) is 0 Å². The molecule has 2 heterocycles. The van der Waals surface area contributed by atoms with Gasteiger partial charge in [0.2, 0.25) is 17.7 Å². The van der Waals surface area contributed by atoms with Gasteiger partial charge < -0.3 is 40.7 Å². The van der Waals surface area contributed by atoms with E-state index in [9.17, 15) is 29.5 Å². The van der Waals surface area contributed by atoms with Crippen molar-refractivity contribution in [2.45, 2.75) is 118 Å². The Kier molecular flexibility index (Phi) is 16.6. The van der Waals surface area contributed by atoms with E-state index in [1.807, 2.05) is 85.7 Å². The Hall–Kier alpha value is -5.60. The Labute approximate surface area is 407 Å². The first-order valence-electron chi connectivity index (χ1n) is 22.9. The van der Waals surface area contributed by atoms with Crippen LogP contribution < -0.4 is 26.0 Å². The molecule has 1 aromatic heterocycles. The fourth-order valence-corrected chi connectivity index (χ4v) is 10.5. The number of amides is 4. The van der Waals surface area contributed by atoms with Crippen molar-refractivity contribution >= 4 is 52.3 Å². The highest BCUT2D eigenvalue weighted by Gasteiger charge is 2.64. The second-order valence-electron chi connectivity index (χ2n) is 20.0. The minimum absolute atomic E-state index is 0.0291. The molecule has 5 N–H and O–H groups in total. The maximum atomic E-state index is 15.2. The topological polar surface area (TPSA) is 195 Å². The zero-order chi connectivity index (χ0) is 49.6. The molecule has 4 aromatic rings. The van der Waals surface area contributed by atoms with Crippen LogP contribution in [0.1, 0.15) is 101 Å². The van der Waals surface area contributed by atoms with E-state index in [2.05, 4.69) is 26.3 Å². The lowest BCUT2D eigenvalue weighted by molar-refractivity contribution is -0.164. The van der Waals surface area contributed by atoms with Crippen molar-refractivity contribution in [2.75, 3.05) is 31.6 Å². The first-order valence-corrected chi connectivity index (χ1v) is 24.2. The Morgan fingerprint density at radius 1 is 1.03 bits per heavy atom. The number of likely N-dealkylation sites (tertiary alicyclic amines) is 1. The summed E-state index contributed by atoms with van der Waals surface area (Å²) >= 11 is 7.78. The lowest BCUT2D eigenvalue weighted by Crippen LogP contribution is -2.74. The third-order valence-corrected chi connectivity index (χ3v) is 14.2. The molecule has 2 fully saturated rings. The first kappa shape index (κ1) is 51.8. The number of hydrogen-bond donors (Lipinski definition) is 5. The van der Waals surface area contributed by atoms with Crippen molar-refractivity contribution < 1.29 is 38.1 Å². The van der Waals surface area contributed by atoms with Crippen molar-refractivity contribution in [3.05, 3.63) is 99.4 Å². The summed E-state index contributed by atoms with van der Waals surface area (Å²) in [5.41, 5.74) is 3.84. The predicted octanol–water partition coefficient (Wildman–Crippen LogP) is 7.80. The summed E-state index contributed by atoms with van der Waals surface area (Å²) in [4.78, 5) is 60.6. The summed E-state index contributed by atoms with van der Waals surface area (Å²) in [7, 11) is 0. The van der Waals surface area contributed by atoms with Crippen LogP contribution in [-0.2, 0) is 25.7 Å². The number of rotatable bonds is 19. The molecule has 6 rings (SSSR count). The van der Waals surface area contributed by atoms with Crippen molar-refractivity contribution in [2.24, 2.45) is 16.2 Å². The Morgan fingerprint density at radius 3 is 2.38 bits per heavy atom. The van der Waals surface area contributed by atoms with Crippen LogP contribution in [0.5, 0.6) is 5.75 Å². The molecule has 1 aliphatic heterocycles. The molecule has 364 valence electrons. The van der Waals surface area contributed by atoms with Crippen molar-refractivity contribution in [1.82, 2.24) is 25.8 Å². The number of aliphatic hydroxyl groups excluding tert-OH is 1. The molecule has 1 saturated carbocycles. The lowest BCUT2D eigenvalue weighted by atomic mass is 9.49. The molecule has 17 heteroatoms. The third-order valence-electron chi connectivity index (χ3n) is 12.9. The van der Waals surface area contributed by atoms with Gasteiger partial charge in [0.15, 0.2) is 0 Å². The Balaban J connectivity index is 0.892. The number of nitrogens with zero attached hydrogens (tertiary/aromatic N) is 3. The molecule has 0 radical (unpaired) electrons.